The van der Waals surface area contributed by atoms with E-state index in [1.165, 1.54) is 0 Å². The number of carbonyl (C=O) groups is 2. The van der Waals surface area contributed by atoms with Gasteiger partial charge in [0.25, 0.3) is 5.91 Å². The minimum absolute atomic E-state index is 0.0293. The minimum Gasteiger partial charge on any atom is -0.484 e. The Morgan fingerprint density at radius 3 is 2.78 bits per heavy atom. The van der Waals surface area contributed by atoms with E-state index in [2.05, 4.69) is 5.32 Å². The lowest BCUT2D eigenvalue weighted by molar-refractivity contribution is -0.126. The number of nitrogens with one attached hydrogen (secondary N) is 1. The molecule has 1 heterocycles. The predicted octanol–water partition coefficient (Wildman–Crippen LogP) is 0.412. The SMILES string of the molecule is CN1CC(NC(=O)COc2ccccc2)CC1=O. The molecule has 1 aliphatic rings. The van der Waals surface area contributed by atoms with Gasteiger partial charge < -0.3 is 15.0 Å². The number of carbonyl (C=O) groups excluding carboxylic acids is 2. The lowest BCUT2D eigenvalue weighted by Crippen LogP contribution is -2.39. The number of hydrogen-bond acceptors (Lipinski definition) is 3. The summed E-state index contributed by atoms with van der Waals surface area (Å²) in [4.78, 5) is 24.5. The minimum atomic E-state index is -0.202. The Balaban J connectivity index is 1.75. The van der Waals surface area contributed by atoms with Crippen molar-refractivity contribution in [3.05, 3.63) is 30.3 Å². The van der Waals surface area contributed by atoms with Crippen molar-refractivity contribution in [3.63, 3.8) is 0 Å². The normalized spacial score (nSPS) is 18.8. The van der Waals surface area contributed by atoms with Crippen LogP contribution in [0.3, 0.4) is 0 Å². The summed E-state index contributed by atoms with van der Waals surface area (Å²) < 4.78 is 5.32. The summed E-state index contributed by atoms with van der Waals surface area (Å²) >= 11 is 0. The standard InChI is InChI=1S/C13H16N2O3/c1-15-8-10(7-13(15)17)14-12(16)9-18-11-5-3-2-4-6-11/h2-6,10H,7-9H2,1H3,(H,14,16). The highest BCUT2D eigenvalue weighted by Gasteiger charge is 2.27. The van der Waals surface area contributed by atoms with E-state index in [0.717, 1.165) is 0 Å². The van der Waals surface area contributed by atoms with Crippen LogP contribution in [0.5, 0.6) is 5.75 Å². The van der Waals surface area contributed by atoms with E-state index in [-0.39, 0.29) is 24.5 Å². The van der Waals surface area contributed by atoms with Crippen LogP contribution in [0.25, 0.3) is 0 Å². The number of para-hydroxylation sites is 1. The molecular formula is C13H16N2O3. The number of likely N-dealkylation sites (N-methyl/N-ethyl adjacent to an activating group) is 1. The largest absolute Gasteiger partial charge is 0.484 e. The van der Waals surface area contributed by atoms with Gasteiger partial charge in [0.05, 0.1) is 6.04 Å². The summed E-state index contributed by atoms with van der Waals surface area (Å²) in [6.07, 6.45) is 0.369. The maximum Gasteiger partial charge on any atom is 0.258 e. The molecule has 1 atom stereocenters. The fraction of sp³-hybridized carbons (Fsp3) is 0.385. The second-order valence-electron chi connectivity index (χ2n) is 4.34. The molecule has 96 valence electrons. The Morgan fingerprint density at radius 1 is 1.44 bits per heavy atom. The first-order valence-electron chi connectivity index (χ1n) is 5.86. The zero-order valence-electron chi connectivity index (χ0n) is 10.3. The van der Waals surface area contributed by atoms with Crippen LogP contribution in [0, 0.1) is 0 Å². The average Bonchev–Trinajstić information content (AvgIpc) is 2.67. The summed E-state index contributed by atoms with van der Waals surface area (Å²) in [6.45, 7) is 0.536. The Labute approximate surface area is 106 Å². The highest BCUT2D eigenvalue weighted by molar-refractivity contribution is 5.82. The maximum absolute atomic E-state index is 11.6. The summed E-state index contributed by atoms with van der Waals surface area (Å²) in [6, 6.07) is 9.05. The second kappa shape index (κ2) is 5.53. The zero-order valence-corrected chi connectivity index (χ0v) is 10.3. The molecule has 1 fully saturated rings. The van der Waals surface area contributed by atoms with Crippen LogP contribution in [0.2, 0.25) is 0 Å². The molecule has 2 rings (SSSR count). The number of rotatable bonds is 4. The van der Waals surface area contributed by atoms with Crippen molar-refractivity contribution in [1.82, 2.24) is 10.2 Å². The van der Waals surface area contributed by atoms with Gasteiger partial charge in [0.1, 0.15) is 5.75 Å². The summed E-state index contributed by atoms with van der Waals surface area (Å²) in [7, 11) is 1.73. The van der Waals surface area contributed by atoms with Gasteiger partial charge in [-0.15, -0.1) is 0 Å². The molecule has 5 nitrogen and oxygen atoms in total. The Kier molecular flexibility index (Phi) is 3.82. The van der Waals surface area contributed by atoms with E-state index in [1.807, 2.05) is 18.2 Å². The quantitative estimate of drug-likeness (QED) is 0.839. The van der Waals surface area contributed by atoms with Gasteiger partial charge in [-0.3, -0.25) is 9.59 Å². The first-order valence-corrected chi connectivity index (χ1v) is 5.86. The van der Waals surface area contributed by atoms with E-state index in [1.54, 1.807) is 24.1 Å². The zero-order chi connectivity index (χ0) is 13.0. The number of nitrogens with zero attached hydrogens (tertiary/aromatic N) is 1. The van der Waals surface area contributed by atoms with Gasteiger partial charge in [-0.05, 0) is 12.1 Å². The highest BCUT2D eigenvalue weighted by atomic mass is 16.5. The van der Waals surface area contributed by atoms with E-state index in [0.29, 0.717) is 18.7 Å². The molecule has 2 amide bonds. The van der Waals surface area contributed by atoms with Crippen molar-refractivity contribution in [2.45, 2.75) is 12.5 Å². The van der Waals surface area contributed by atoms with Crippen LogP contribution >= 0.6 is 0 Å². The third-order valence-electron chi connectivity index (χ3n) is 2.82. The first-order chi connectivity index (χ1) is 8.65. The van der Waals surface area contributed by atoms with Crippen molar-refractivity contribution >= 4 is 11.8 Å². The fourth-order valence-electron chi connectivity index (χ4n) is 1.90. The van der Waals surface area contributed by atoms with E-state index in [9.17, 15) is 9.59 Å². The van der Waals surface area contributed by atoms with Gasteiger partial charge in [-0.1, -0.05) is 18.2 Å². The van der Waals surface area contributed by atoms with Crippen LogP contribution in [-0.4, -0.2) is 43.0 Å². The van der Waals surface area contributed by atoms with Crippen LogP contribution < -0.4 is 10.1 Å². The maximum atomic E-state index is 11.6. The summed E-state index contributed by atoms with van der Waals surface area (Å²) in [5.74, 6) is 0.517. The molecule has 1 unspecified atom stereocenters. The second-order valence-corrected chi connectivity index (χ2v) is 4.34. The smallest absolute Gasteiger partial charge is 0.258 e. The van der Waals surface area contributed by atoms with Gasteiger partial charge in [-0.25, -0.2) is 0 Å². The molecular weight excluding hydrogens is 232 g/mol. The highest BCUT2D eigenvalue weighted by Crippen LogP contribution is 2.09. The van der Waals surface area contributed by atoms with Crippen molar-refractivity contribution in [2.75, 3.05) is 20.2 Å². The molecule has 0 saturated carbocycles. The third kappa shape index (κ3) is 3.23. The molecule has 0 aliphatic carbocycles. The van der Waals surface area contributed by atoms with Gasteiger partial charge in [0.2, 0.25) is 5.91 Å². The first kappa shape index (κ1) is 12.4. The van der Waals surface area contributed by atoms with E-state index < -0.39 is 0 Å². The summed E-state index contributed by atoms with van der Waals surface area (Å²) in [5, 5.41) is 2.78. The van der Waals surface area contributed by atoms with Gasteiger partial charge in [-0.2, -0.15) is 0 Å². The van der Waals surface area contributed by atoms with Crippen molar-refractivity contribution < 1.29 is 14.3 Å². The molecule has 5 heteroatoms. The monoisotopic (exact) mass is 248 g/mol. The molecule has 1 N–H and O–H groups in total. The Hall–Kier alpha value is -2.04. The molecule has 0 aromatic heterocycles. The molecule has 0 radical (unpaired) electrons. The summed E-state index contributed by atoms with van der Waals surface area (Å²) in [5.41, 5.74) is 0. The van der Waals surface area contributed by atoms with Crippen LogP contribution in [0.1, 0.15) is 6.42 Å². The molecule has 1 saturated heterocycles. The van der Waals surface area contributed by atoms with Gasteiger partial charge in [0, 0.05) is 20.0 Å². The van der Waals surface area contributed by atoms with Crippen LogP contribution in [-0.2, 0) is 9.59 Å². The lowest BCUT2D eigenvalue weighted by Gasteiger charge is -2.12. The Morgan fingerprint density at radius 2 is 2.17 bits per heavy atom. The van der Waals surface area contributed by atoms with Gasteiger partial charge >= 0.3 is 0 Å². The molecule has 1 aromatic carbocycles. The number of amides is 2. The van der Waals surface area contributed by atoms with E-state index >= 15 is 0 Å². The van der Waals surface area contributed by atoms with Gasteiger partial charge in [0.15, 0.2) is 6.61 Å². The molecule has 1 aromatic rings. The van der Waals surface area contributed by atoms with Crippen LogP contribution in [0.15, 0.2) is 30.3 Å². The molecule has 0 spiro atoms. The van der Waals surface area contributed by atoms with Crippen molar-refractivity contribution in [2.24, 2.45) is 0 Å². The lowest BCUT2D eigenvalue weighted by atomic mass is 10.2. The Bertz CT molecular complexity index is 433. The molecule has 0 bridgehead atoms. The molecule has 1 aliphatic heterocycles. The topological polar surface area (TPSA) is 58.6 Å². The predicted molar refractivity (Wildman–Crippen MR) is 66.1 cm³/mol. The van der Waals surface area contributed by atoms with Crippen molar-refractivity contribution in [3.8, 4) is 5.75 Å². The fourth-order valence-corrected chi connectivity index (χ4v) is 1.90. The van der Waals surface area contributed by atoms with Crippen LogP contribution in [0.4, 0.5) is 0 Å². The molecule has 18 heavy (non-hydrogen) atoms. The van der Waals surface area contributed by atoms with E-state index in [4.69, 9.17) is 4.74 Å². The third-order valence-corrected chi connectivity index (χ3v) is 2.82. The average molecular weight is 248 g/mol. The number of hydrogen-bond donors (Lipinski definition) is 1. The number of likely N-dealkylation sites (tertiary alicyclic amines) is 1. The number of ether oxygens (including phenoxy) is 1. The van der Waals surface area contributed by atoms with Crippen molar-refractivity contribution in [1.29, 1.82) is 0 Å². The number of benzene rings is 1.